The molecule has 0 saturated carbocycles. The molecule has 6 heteroatoms. The Kier molecular flexibility index (Phi) is 9.88. The van der Waals surface area contributed by atoms with Crippen LogP contribution in [0.25, 0.3) is 91.9 Å². The summed E-state index contributed by atoms with van der Waals surface area (Å²) in [6.07, 6.45) is 0. The molecule has 2 heterocycles. The van der Waals surface area contributed by atoms with Crippen LogP contribution in [0.15, 0.2) is 267 Å². The van der Waals surface area contributed by atoms with E-state index in [-0.39, 0.29) is 0 Å². The summed E-state index contributed by atoms with van der Waals surface area (Å²) in [5, 5.41) is 7.54. The van der Waals surface area contributed by atoms with Crippen LogP contribution in [-0.4, -0.2) is 9.55 Å². The van der Waals surface area contributed by atoms with Gasteiger partial charge in [-0.2, -0.15) is 0 Å². The minimum atomic E-state index is -0.758. The van der Waals surface area contributed by atoms with Crippen molar-refractivity contribution in [2.24, 2.45) is 0 Å². The van der Waals surface area contributed by atoms with Gasteiger partial charge in [0, 0.05) is 38.8 Å². The molecular weight excluding hydrogens is 973 g/mol. The van der Waals surface area contributed by atoms with Crippen LogP contribution in [0.4, 0.5) is 45.6 Å². The molecule has 0 bridgehead atoms. The summed E-state index contributed by atoms with van der Waals surface area (Å²) < 4.78 is 2.43. The summed E-state index contributed by atoms with van der Waals surface area (Å²) in [5.41, 5.74) is 17.8. The van der Waals surface area contributed by atoms with Gasteiger partial charge >= 0.3 is 0 Å². The number of rotatable bonds is 7. The summed E-state index contributed by atoms with van der Waals surface area (Å²) in [4.78, 5) is 18.5. The van der Waals surface area contributed by atoms with Crippen molar-refractivity contribution in [3.8, 4) is 27.9 Å². The fourth-order valence-electron chi connectivity index (χ4n) is 13.4. The second-order valence-electron chi connectivity index (χ2n) is 20.8. The number of para-hydroxylation sites is 6. The standard InChI is InChI=1S/C74H44N6/c1-75-64-32-16-18-34-67(64)78(53-38-36-47-20-6-7-22-49(47)42-53)54-39-40-66-58(45-54)72-69(79(66)52-25-4-3-5-26-52)46-62-71(73(72)80(68-35-19-17-33-65(68)76-2)70-41-37-48-21-10-15-31-63(48)77-70)57-43-50-23-8-9-24-51(50)44-61(57)74(62)59-29-13-11-27-55(59)56-28-12-14-30-60(56)74/h3-46H. The van der Waals surface area contributed by atoms with Gasteiger partial charge in [0.25, 0.3) is 0 Å². The molecule has 370 valence electrons. The number of hydrogen-bond acceptors (Lipinski definition) is 3. The van der Waals surface area contributed by atoms with Gasteiger partial charge in [-0.15, -0.1) is 0 Å². The Labute approximate surface area is 462 Å². The van der Waals surface area contributed by atoms with Crippen LogP contribution < -0.4 is 9.80 Å². The van der Waals surface area contributed by atoms with E-state index in [4.69, 9.17) is 18.1 Å². The van der Waals surface area contributed by atoms with Crippen molar-refractivity contribution in [2.45, 2.75) is 5.41 Å². The Morgan fingerprint density at radius 1 is 0.388 bits per heavy atom. The number of aromatic nitrogens is 2. The summed E-state index contributed by atoms with van der Waals surface area (Å²) >= 11 is 0. The molecule has 1 spiro atoms. The van der Waals surface area contributed by atoms with Gasteiger partial charge in [0.1, 0.15) is 5.82 Å². The van der Waals surface area contributed by atoms with Gasteiger partial charge in [0.2, 0.25) is 11.4 Å². The lowest BCUT2D eigenvalue weighted by Crippen LogP contribution is -2.26. The summed E-state index contributed by atoms with van der Waals surface area (Å²) in [6, 6.07) is 94.9. The van der Waals surface area contributed by atoms with Crippen molar-refractivity contribution in [1.29, 1.82) is 0 Å². The summed E-state index contributed by atoms with van der Waals surface area (Å²) in [5.74, 6) is 0.686. The first kappa shape index (κ1) is 45.2. The van der Waals surface area contributed by atoms with E-state index in [9.17, 15) is 0 Å². The van der Waals surface area contributed by atoms with E-state index in [1.807, 2.05) is 48.5 Å². The van der Waals surface area contributed by atoms with Gasteiger partial charge in [-0.1, -0.05) is 176 Å². The molecule has 0 unspecified atom stereocenters. The van der Waals surface area contributed by atoms with Gasteiger partial charge in [0.15, 0.2) is 0 Å². The first-order valence-electron chi connectivity index (χ1n) is 26.9. The first-order valence-corrected chi connectivity index (χ1v) is 26.9. The maximum absolute atomic E-state index is 8.87. The van der Waals surface area contributed by atoms with Gasteiger partial charge in [-0.05, 0) is 151 Å². The lowest BCUT2D eigenvalue weighted by atomic mass is 9.70. The highest BCUT2D eigenvalue weighted by atomic mass is 15.2. The minimum Gasteiger partial charge on any atom is -0.320 e. The third-order valence-electron chi connectivity index (χ3n) is 16.7. The van der Waals surface area contributed by atoms with Crippen molar-refractivity contribution in [1.82, 2.24) is 9.55 Å². The molecule has 0 saturated heterocycles. The molecule has 2 aliphatic carbocycles. The number of nitrogens with zero attached hydrogens (tertiary/aromatic N) is 6. The number of fused-ring (bicyclic) bond motifs is 16. The smallest absolute Gasteiger partial charge is 0.210 e. The van der Waals surface area contributed by atoms with Gasteiger partial charge in [-0.25, -0.2) is 14.7 Å². The molecule has 6 nitrogen and oxygen atoms in total. The van der Waals surface area contributed by atoms with E-state index in [2.05, 4.69) is 242 Å². The molecule has 0 amide bonds. The zero-order valence-electron chi connectivity index (χ0n) is 43.1. The lowest BCUT2D eigenvalue weighted by Gasteiger charge is -2.32. The number of pyridine rings is 1. The van der Waals surface area contributed by atoms with Crippen molar-refractivity contribution in [3.63, 3.8) is 0 Å². The summed E-state index contributed by atoms with van der Waals surface area (Å²) in [7, 11) is 0. The van der Waals surface area contributed by atoms with E-state index in [1.165, 1.54) is 27.8 Å². The van der Waals surface area contributed by atoms with Gasteiger partial charge in [-0.3, -0.25) is 0 Å². The van der Waals surface area contributed by atoms with E-state index in [0.717, 1.165) is 105 Å². The first-order chi connectivity index (χ1) is 39.6. The number of hydrogen-bond donors (Lipinski definition) is 0. The number of anilines is 6. The monoisotopic (exact) mass is 1020 g/mol. The quantitative estimate of drug-likeness (QED) is 0.149. The van der Waals surface area contributed by atoms with Crippen molar-refractivity contribution in [3.05, 3.63) is 312 Å². The molecule has 0 atom stereocenters. The molecule has 16 rings (SSSR count). The van der Waals surface area contributed by atoms with E-state index in [0.29, 0.717) is 17.2 Å². The molecule has 14 aromatic rings. The van der Waals surface area contributed by atoms with Crippen LogP contribution in [0.1, 0.15) is 22.3 Å². The Bertz CT molecular complexity index is 4970. The molecule has 2 aliphatic rings. The lowest BCUT2D eigenvalue weighted by molar-refractivity contribution is 0.795. The molecule has 2 aromatic heterocycles. The third-order valence-corrected chi connectivity index (χ3v) is 16.7. The second kappa shape index (κ2) is 17.5. The fourth-order valence-corrected chi connectivity index (χ4v) is 13.4. The predicted octanol–water partition coefficient (Wildman–Crippen LogP) is 20.0. The maximum atomic E-state index is 8.87. The molecule has 12 aromatic carbocycles. The van der Waals surface area contributed by atoms with Crippen LogP contribution in [0, 0.1) is 13.1 Å². The Morgan fingerprint density at radius 2 is 0.938 bits per heavy atom. The average Bonchev–Trinajstić information content (AvgIpc) is 3.26. The molecule has 0 aliphatic heterocycles. The Hall–Kier alpha value is -11.1. The SMILES string of the molecule is [C-]#[N+]c1ccccc1N(c1ccc2ccccc2c1)c1ccc2c(c1)c1c(N(c3ccc4ccccc4n3)c3ccccc3[N+]#[C-])c3c(cc1n2-c1ccccc1)C1(c2ccccc2-c2ccccc21)c1cc2ccccc2cc1-3. The van der Waals surface area contributed by atoms with Crippen molar-refractivity contribution in [2.75, 3.05) is 9.80 Å². The van der Waals surface area contributed by atoms with Crippen LogP contribution in [0.5, 0.6) is 0 Å². The third kappa shape index (κ3) is 6.42. The molecular formula is C74H44N6. The van der Waals surface area contributed by atoms with Crippen molar-refractivity contribution >= 4 is 99.9 Å². The van der Waals surface area contributed by atoms with Crippen LogP contribution in [0.3, 0.4) is 0 Å². The Morgan fingerprint density at radius 3 is 1.65 bits per heavy atom. The zero-order chi connectivity index (χ0) is 53.1. The molecule has 0 radical (unpaired) electrons. The van der Waals surface area contributed by atoms with E-state index >= 15 is 0 Å². The zero-order valence-corrected chi connectivity index (χ0v) is 43.1. The maximum Gasteiger partial charge on any atom is 0.210 e. The molecule has 0 fully saturated rings. The Balaban J connectivity index is 1.14. The molecule has 80 heavy (non-hydrogen) atoms. The second-order valence-corrected chi connectivity index (χ2v) is 20.8. The van der Waals surface area contributed by atoms with Gasteiger partial charge in [0.05, 0.1) is 52.2 Å². The number of benzene rings is 12. The van der Waals surface area contributed by atoms with Crippen LogP contribution >= 0.6 is 0 Å². The average molecular weight is 1020 g/mol. The predicted molar refractivity (Wildman–Crippen MR) is 329 cm³/mol. The summed E-state index contributed by atoms with van der Waals surface area (Å²) in [6.45, 7) is 17.4. The highest BCUT2D eigenvalue weighted by Gasteiger charge is 2.53. The highest BCUT2D eigenvalue weighted by Crippen LogP contribution is 2.67. The van der Waals surface area contributed by atoms with E-state index < -0.39 is 5.41 Å². The van der Waals surface area contributed by atoms with Crippen LogP contribution in [-0.2, 0) is 5.41 Å². The topological polar surface area (TPSA) is 33.0 Å². The minimum absolute atomic E-state index is 0.502. The van der Waals surface area contributed by atoms with Crippen molar-refractivity contribution < 1.29 is 0 Å². The van der Waals surface area contributed by atoms with Gasteiger partial charge < -0.3 is 14.4 Å². The van der Waals surface area contributed by atoms with Crippen LogP contribution in [0.2, 0.25) is 0 Å². The van der Waals surface area contributed by atoms with E-state index in [1.54, 1.807) is 0 Å². The highest BCUT2D eigenvalue weighted by molar-refractivity contribution is 6.23. The molecule has 0 N–H and O–H groups in total. The fraction of sp³-hybridized carbons (Fsp3) is 0.0135. The normalized spacial score (nSPS) is 12.6. The largest absolute Gasteiger partial charge is 0.320 e.